The molecule has 1 rings (SSSR count). The Kier molecular flexibility index (Phi) is 9.17. The summed E-state index contributed by atoms with van der Waals surface area (Å²) >= 11 is -1.51. The van der Waals surface area contributed by atoms with Crippen molar-refractivity contribution >= 4 is 25.6 Å². The van der Waals surface area contributed by atoms with E-state index in [1.54, 1.807) is 31.2 Å². The Morgan fingerprint density at radius 2 is 1.67 bits per heavy atom. The van der Waals surface area contributed by atoms with Crippen LogP contribution in [0, 0.1) is 0 Å². The second-order valence-corrected chi connectivity index (χ2v) is 16.8. The first-order valence-electron chi connectivity index (χ1n) is 10.3. The molecule has 8 heteroatoms. The fourth-order valence-electron chi connectivity index (χ4n) is 2.26. The molecule has 1 aromatic carbocycles. The van der Waals surface area contributed by atoms with Gasteiger partial charge in [-0.25, -0.2) is 0 Å². The molecule has 0 aliphatic rings. The molecule has 2 N–H and O–H groups in total. The van der Waals surface area contributed by atoms with Crippen molar-refractivity contribution in [2.24, 2.45) is 0 Å². The summed E-state index contributed by atoms with van der Waals surface area (Å²) in [6.07, 6.45) is 0.161. The lowest BCUT2D eigenvalue weighted by Gasteiger charge is -2.40. The highest BCUT2D eigenvalue weighted by Gasteiger charge is 2.44. The van der Waals surface area contributed by atoms with Crippen molar-refractivity contribution in [3.05, 3.63) is 35.4 Å². The molecule has 30 heavy (non-hydrogen) atoms. The minimum Gasteiger partial charge on any atom is -0.598 e. The molecule has 0 unspecified atom stereocenters. The summed E-state index contributed by atoms with van der Waals surface area (Å²) in [6, 6.07) is 7.00. The SMILES string of the molecule is CCOC(=O)Cc1ccc([C@](O)(CO[Si](C)(C)C(C)(C)C)N[S@@+]([O-])C(C)(C)C)cc1. The number of hydrogen-bond donors (Lipinski definition) is 2. The highest BCUT2D eigenvalue weighted by molar-refractivity contribution is 7.90. The van der Waals surface area contributed by atoms with Gasteiger partial charge in [-0.2, -0.15) is 0 Å². The Morgan fingerprint density at radius 3 is 2.10 bits per heavy atom. The number of hydrogen-bond acceptors (Lipinski definition) is 6. The Hall–Kier alpha value is -0.903. The van der Waals surface area contributed by atoms with E-state index >= 15 is 0 Å². The first-order valence-corrected chi connectivity index (χ1v) is 14.4. The summed E-state index contributed by atoms with van der Waals surface area (Å²) in [4.78, 5) is 11.7. The highest BCUT2D eigenvalue weighted by atomic mass is 32.2. The number of benzene rings is 1. The van der Waals surface area contributed by atoms with E-state index in [-0.39, 0.29) is 24.0 Å². The molecule has 1 aromatic rings. The second kappa shape index (κ2) is 10.1. The van der Waals surface area contributed by atoms with Gasteiger partial charge in [0.1, 0.15) is 4.75 Å². The van der Waals surface area contributed by atoms with E-state index < -0.39 is 30.2 Å². The van der Waals surface area contributed by atoms with Crippen LogP contribution >= 0.6 is 0 Å². The van der Waals surface area contributed by atoms with Crippen LogP contribution in [0.2, 0.25) is 18.1 Å². The third-order valence-corrected chi connectivity index (χ3v) is 11.5. The van der Waals surface area contributed by atoms with Gasteiger partial charge >= 0.3 is 5.97 Å². The van der Waals surface area contributed by atoms with Crippen molar-refractivity contribution < 1.29 is 23.6 Å². The maximum atomic E-state index is 12.8. The van der Waals surface area contributed by atoms with Gasteiger partial charge in [0.2, 0.25) is 5.72 Å². The van der Waals surface area contributed by atoms with E-state index in [4.69, 9.17) is 9.16 Å². The summed E-state index contributed by atoms with van der Waals surface area (Å²) < 4.78 is 26.4. The van der Waals surface area contributed by atoms with Crippen LogP contribution in [0.3, 0.4) is 0 Å². The van der Waals surface area contributed by atoms with Crippen LogP contribution < -0.4 is 4.72 Å². The van der Waals surface area contributed by atoms with Gasteiger partial charge in [-0.05, 0) is 51.4 Å². The summed E-state index contributed by atoms with van der Waals surface area (Å²) in [7, 11) is -2.15. The minimum atomic E-state index is -2.15. The van der Waals surface area contributed by atoms with Gasteiger partial charge in [-0.1, -0.05) is 45.0 Å². The average Bonchev–Trinajstić information content (AvgIpc) is 2.59. The van der Waals surface area contributed by atoms with Gasteiger partial charge in [0.05, 0.1) is 19.6 Å². The summed E-state index contributed by atoms with van der Waals surface area (Å²) in [5.41, 5.74) is -0.316. The highest BCUT2D eigenvalue weighted by Crippen LogP contribution is 2.38. The maximum absolute atomic E-state index is 12.8. The van der Waals surface area contributed by atoms with Crippen LogP contribution in [0.1, 0.15) is 59.6 Å². The molecule has 0 bridgehead atoms. The van der Waals surface area contributed by atoms with Gasteiger partial charge in [-0.15, -0.1) is 4.72 Å². The predicted molar refractivity (Wildman–Crippen MR) is 125 cm³/mol. The molecule has 0 heterocycles. The van der Waals surface area contributed by atoms with Gasteiger partial charge < -0.3 is 18.8 Å². The number of carbonyl (C=O) groups excluding carboxylic acids is 1. The van der Waals surface area contributed by atoms with E-state index in [0.717, 1.165) is 5.56 Å². The largest absolute Gasteiger partial charge is 0.598 e. The Labute approximate surface area is 186 Å². The topological polar surface area (TPSA) is 90.9 Å². The quantitative estimate of drug-likeness (QED) is 0.252. The van der Waals surface area contributed by atoms with Crippen LogP contribution in [0.15, 0.2) is 24.3 Å². The molecular formula is C22H39NO5SSi. The first-order chi connectivity index (χ1) is 13.5. The van der Waals surface area contributed by atoms with E-state index in [1.807, 2.05) is 20.8 Å². The Morgan fingerprint density at radius 1 is 1.13 bits per heavy atom. The number of nitrogens with one attached hydrogen (secondary N) is 1. The van der Waals surface area contributed by atoms with Crippen LogP contribution in [-0.2, 0) is 37.5 Å². The smallest absolute Gasteiger partial charge is 0.310 e. The van der Waals surface area contributed by atoms with E-state index in [1.165, 1.54) is 0 Å². The minimum absolute atomic E-state index is 0.0253. The van der Waals surface area contributed by atoms with Crippen molar-refractivity contribution in [3.8, 4) is 0 Å². The van der Waals surface area contributed by atoms with Crippen LogP contribution in [0.25, 0.3) is 0 Å². The molecule has 6 nitrogen and oxygen atoms in total. The molecule has 0 radical (unpaired) electrons. The summed E-state index contributed by atoms with van der Waals surface area (Å²) in [5, 5.41) is 11.5. The molecule has 0 aliphatic carbocycles. The van der Waals surface area contributed by atoms with Gasteiger partial charge in [0.25, 0.3) is 0 Å². The zero-order valence-corrected chi connectivity index (χ0v) is 21.7. The zero-order valence-electron chi connectivity index (χ0n) is 19.9. The van der Waals surface area contributed by atoms with E-state index in [2.05, 4.69) is 38.6 Å². The molecule has 0 spiro atoms. The van der Waals surface area contributed by atoms with Gasteiger partial charge in [-0.3, -0.25) is 4.79 Å². The van der Waals surface area contributed by atoms with Crippen molar-refractivity contribution in [2.75, 3.05) is 13.2 Å². The Bertz CT molecular complexity index is 697. The normalized spacial score (nSPS) is 16.1. The van der Waals surface area contributed by atoms with Crippen molar-refractivity contribution in [1.29, 1.82) is 0 Å². The summed E-state index contributed by atoms with van der Waals surface area (Å²) in [6.45, 7) is 18.2. The molecule has 0 saturated heterocycles. The number of carbonyl (C=O) groups is 1. The number of rotatable bonds is 9. The fraction of sp³-hybridized carbons (Fsp3) is 0.682. The van der Waals surface area contributed by atoms with Crippen LogP contribution in [0.5, 0.6) is 0 Å². The molecule has 0 fully saturated rings. The zero-order chi connectivity index (χ0) is 23.4. The lowest BCUT2D eigenvalue weighted by molar-refractivity contribution is -0.142. The first kappa shape index (κ1) is 27.1. The lowest BCUT2D eigenvalue weighted by atomic mass is 10.0. The molecule has 0 aliphatic heterocycles. The second-order valence-electron chi connectivity index (χ2n) is 10.1. The fourth-order valence-corrected chi connectivity index (χ4v) is 4.05. The van der Waals surface area contributed by atoms with Crippen LogP contribution in [0.4, 0.5) is 0 Å². The molecular weight excluding hydrogens is 418 g/mol. The third-order valence-electron chi connectivity index (χ3n) is 5.35. The monoisotopic (exact) mass is 457 g/mol. The molecule has 0 amide bonds. The number of ether oxygens (including phenoxy) is 1. The maximum Gasteiger partial charge on any atom is 0.310 e. The predicted octanol–water partition coefficient (Wildman–Crippen LogP) is 4.01. The number of aliphatic hydroxyl groups is 1. The molecule has 0 saturated carbocycles. The molecule has 172 valence electrons. The van der Waals surface area contributed by atoms with Crippen LogP contribution in [-0.4, -0.2) is 41.9 Å². The van der Waals surface area contributed by atoms with Gasteiger partial charge in [0.15, 0.2) is 8.32 Å². The number of esters is 1. The molecule has 0 aromatic heterocycles. The lowest BCUT2D eigenvalue weighted by Crippen LogP contribution is -2.56. The third kappa shape index (κ3) is 7.66. The van der Waals surface area contributed by atoms with Crippen molar-refractivity contribution in [2.45, 2.75) is 83.5 Å². The standard InChI is InChI=1S/C22H39NO5SSi/c1-10-27-19(24)15-17-11-13-18(14-12-17)22(25,23-29(26)20(2,3)4)16-28-30(8,9)21(5,6)7/h11-14,23,25H,10,15-16H2,1-9H3/t22-,29+/m1/s1. The van der Waals surface area contributed by atoms with E-state index in [0.29, 0.717) is 12.2 Å². The van der Waals surface area contributed by atoms with Crippen molar-refractivity contribution in [3.63, 3.8) is 0 Å². The Balaban J connectivity index is 3.15. The van der Waals surface area contributed by atoms with Crippen molar-refractivity contribution in [1.82, 2.24) is 4.72 Å². The average molecular weight is 458 g/mol. The van der Waals surface area contributed by atoms with E-state index in [9.17, 15) is 14.5 Å². The molecule has 2 atom stereocenters. The van der Waals surface area contributed by atoms with Gasteiger partial charge in [0, 0.05) is 16.9 Å². The summed E-state index contributed by atoms with van der Waals surface area (Å²) in [5.74, 6) is -0.297.